The first kappa shape index (κ1) is 22.7. The van der Waals surface area contributed by atoms with E-state index in [-0.39, 0.29) is 6.54 Å². The SMILES string of the molecule is CCc1ccc(-c2cc(C)no2)cc1S(=O)(=O)N(CCN1CCOCC1)Cc1ccco1. The number of rotatable bonds is 9. The molecule has 0 bridgehead atoms. The van der Waals surface area contributed by atoms with E-state index in [4.69, 9.17) is 13.7 Å². The highest BCUT2D eigenvalue weighted by atomic mass is 32.2. The predicted molar refractivity (Wildman–Crippen MR) is 120 cm³/mol. The van der Waals surface area contributed by atoms with Crippen molar-refractivity contribution in [2.45, 2.75) is 31.7 Å². The third kappa shape index (κ3) is 5.12. The number of ether oxygens (including phenoxy) is 1. The Labute approximate surface area is 188 Å². The molecule has 0 unspecified atom stereocenters. The fourth-order valence-electron chi connectivity index (χ4n) is 3.82. The van der Waals surface area contributed by atoms with Gasteiger partial charge in [0, 0.05) is 37.8 Å². The van der Waals surface area contributed by atoms with Gasteiger partial charge < -0.3 is 13.7 Å². The Morgan fingerprint density at radius 3 is 2.62 bits per heavy atom. The minimum Gasteiger partial charge on any atom is -0.468 e. The van der Waals surface area contributed by atoms with Gasteiger partial charge in [-0.05, 0) is 37.1 Å². The molecule has 0 aliphatic carbocycles. The molecule has 0 amide bonds. The fraction of sp³-hybridized carbons (Fsp3) is 0.435. The van der Waals surface area contributed by atoms with Gasteiger partial charge in [0.2, 0.25) is 10.0 Å². The second-order valence-corrected chi connectivity index (χ2v) is 9.79. The molecule has 0 saturated carbocycles. The molecule has 2 aromatic heterocycles. The number of sulfonamides is 1. The Balaban J connectivity index is 1.66. The van der Waals surface area contributed by atoms with Gasteiger partial charge >= 0.3 is 0 Å². The van der Waals surface area contributed by atoms with Gasteiger partial charge in [-0.3, -0.25) is 4.90 Å². The van der Waals surface area contributed by atoms with Gasteiger partial charge in [0.25, 0.3) is 0 Å². The van der Waals surface area contributed by atoms with Crippen molar-refractivity contribution in [2.75, 3.05) is 39.4 Å². The zero-order valence-electron chi connectivity index (χ0n) is 18.5. The van der Waals surface area contributed by atoms with Crippen LogP contribution in [-0.4, -0.2) is 62.2 Å². The number of benzene rings is 1. The van der Waals surface area contributed by atoms with E-state index in [9.17, 15) is 8.42 Å². The lowest BCUT2D eigenvalue weighted by atomic mass is 10.1. The zero-order chi connectivity index (χ0) is 22.6. The summed E-state index contributed by atoms with van der Waals surface area (Å²) >= 11 is 0. The van der Waals surface area contributed by atoms with Crippen LogP contribution in [0.4, 0.5) is 0 Å². The highest BCUT2D eigenvalue weighted by Crippen LogP contribution is 2.29. The highest BCUT2D eigenvalue weighted by Gasteiger charge is 2.29. The van der Waals surface area contributed by atoms with Crippen LogP contribution < -0.4 is 0 Å². The summed E-state index contributed by atoms with van der Waals surface area (Å²) in [6.45, 7) is 7.90. The normalized spacial score (nSPS) is 15.5. The largest absolute Gasteiger partial charge is 0.468 e. The topological polar surface area (TPSA) is 89.0 Å². The van der Waals surface area contributed by atoms with Gasteiger partial charge in [0.1, 0.15) is 5.76 Å². The smallest absolute Gasteiger partial charge is 0.243 e. The number of morpholine rings is 1. The predicted octanol–water partition coefficient (Wildman–Crippen LogP) is 3.33. The molecule has 0 N–H and O–H groups in total. The summed E-state index contributed by atoms with van der Waals surface area (Å²) in [6.07, 6.45) is 2.16. The minimum atomic E-state index is -3.79. The van der Waals surface area contributed by atoms with E-state index in [2.05, 4.69) is 10.1 Å². The molecule has 3 aromatic rings. The number of aryl methyl sites for hydroxylation is 2. The van der Waals surface area contributed by atoms with E-state index in [1.807, 2.05) is 26.0 Å². The molecule has 32 heavy (non-hydrogen) atoms. The number of hydrogen-bond acceptors (Lipinski definition) is 7. The van der Waals surface area contributed by atoms with Crippen LogP contribution in [0.5, 0.6) is 0 Å². The molecule has 0 radical (unpaired) electrons. The molecule has 1 aromatic carbocycles. The molecule has 172 valence electrons. The average Bonchev–Trinajstić information content (AvgIpc) is 3.48. The van der Waals surface area contributed by atoms with Gasteiger partial charge in [-0.15, -0.1) is 0 Å². The Morgan fingerprint density at radius 1 is 1.16 bits per heavy atom. The Morgan fingerprint density at radius 2 is 1.97 bits per heavy atom. The maximum atomic E-state index is 13.9. The zero-order valence-corrected chi connectivity index (χ0v) is 19.3. The quantitative estimate of drug-likeness (QED) is 0.485. The molecule has 0 atom stereocenters. The molecular formula is C23H29N3O5S. The van der Waals surface area contributed by atoms with E-state index in [0.29, 0.717) is 54.7 Å². The van der Waals surface area contributed by atoms with Crippen LogP contribution in [0.25, 0.3) is 11.3 Å². The van der Waals surface area contributed by atoms with E-state index >= 15 is 0 Å². The summed E-state index contributed by atoms with van der Waals surface area (Å²) in [5.74, 6) is 1.16. The van der Waals surface area contributed by atoms with E-state index in [1.54, 1.807) is 30.5 Å². The first-order chi connectivity index (χ1) is 15.5. The van der Waals surface area contributed by atoms with E-state index in [0.717, 1.165) is 24.3 Å². The van der Waals surface area contributed by atoms with Crippen LogP contribution in [0.15, 0.2) is 56.5 Å². The maximum absolute atomic E-state index is 13.9. The monoisotopic (exact) mass is 459 g/mol. The van der Waals surface area contributed by atoms with Gasteiger partial charge in [-0.1, -0.05) is 24.2 Å². The molecule has 1 saturated heterocycles. The van der Waals surface area contributed by atoms with Crippen LogP contribution >= 0.6 is 0 Å². The fourth-order valence-corrected chi connectivity index (χ4v) is 5.53. The Hall–Kier alpha value is -2.46. The van der Waals surface area contributed by atoms with Crippen LogP contribution in [0, 0.1) is 6.92 Å². The summed E-state index contributed by atoms with van der Waals surface area (Å²) in [5, 5.41) is 3.93. The number of hydrogen-bond donors (Lipinski definition) is 0. The lowest BCUT2D eigenvalue weighted by molar-refractivity contribution is 0.0360. The molecule has 1 fully saturated rings. The van der Waals surface area contributed by atoms with Crippen molar-refractivity contribution in [3.63, 3.8) is 0 Å². The van der Waals surface area contributed by atoms with Crippen molar-refractivity contribution in [1.29, 1.82) is 0 Å². The third-order valence-corrected chi connectivity index (χ3v) is 7.59. The van der Waals surface area contributed by atoms with Crippen molar-refractivity contribution in [2.24, 2.45) is 0 Å². The molecule has 4 rings (SSSR count). The molecular weight excluding hydrogens is 430 g/mol. The number of furan rings is 1. The van der Waals surface area contributed by atoms with Crippen molar-refractivity contribution in [3.05, 3.63) is 59.7 Å². The first-order valence-corrected chi connectivity index (χ1v) is 12.3. The standard InChI is InChI=1S/C23H29N3O5S/c1-3-19-6-7-20(22-15-18(2)24-31-22)16-23(19)32(27,28)26(17-21-5-4-12-30-21)9-8-25-10-13-29-14-11-25/h4-7,12,15-16H,3,8-11,13-14,17H2,1-2H3. The summed E-state index contributed by atoms with van der Waals surface area (Å²) in [7, 11) is -3.79. The van der Waals surface area contributed by atoms with Crippen LogP contribution in [0.1, 0.15) is 23.9 Å². The van der Waals surface area contributed by atoms with Crippen LogP contribution in [0.2, 0.25) is 0 Å². The van der Waals surface area contributed by atoms with Gasteiger partial charge in [0.15, 0.2) is 5.76 Å². The summed E-state index contributed by atoms with van der Waals surface area (Å²) in [4.78, 5) is 2.52. The van der Waals surface area contributed by atoms with Gasteiger partial charge in [-0.25, -0.2) is 8.42 Å². The van der Waals surface area contributed by atoms with Crippen molar-refractivity contribution in [1.82, 2.24) is 14.4 Å². The third-order valence-electron chi connectivity index (χ3n) is 5.66. The summed E-state index contributed by atoms with van der Waals surface area (Å²) in [6, 6.07) is 10.8. The molecule has 0 spiro atoms. The molecule has 9 heteroatoms. The van der Waals surface area contributed by atoms with Crippen molar-refractivity contribution in [3.8, 4) is 11.3 Å². The first-order valence-electron chi connectivity index (χ1n) is 10.9. The van der Waals surface area contributed by atoms with E-state index < -0.39 is 10.0 Å². The van der Waals surface area contributed by atoms with Crippen molar-refractivity contribution < 1.29 is 22.1 Å². The summed E-state index contributed by atoms with van der Waals surface area (Å²) in [5.41, 5.74) is 2.20. The maximum Gasteiger partial charge on any atom is 0.243 e. The molecule has 1 aliphatic heterocycles. The average molecular weight is 460 g/mol. The van der Waals surface area contributed by atoms with Crippen molar-refractivity contribution >= 4 is 10.0 Å². The number of nitrogens with zero attached hydrogens (tertiary/aromatic N) is 3. The molecule has 8 nitrogen and oxygen atoms in total. The number of aromatic nitrogens is 1. The lowest BCUT2D eigenvalue weighted by Crippen LogP contribution is -2.43. The van der Waals surface area contributed by atoms with E-state index in [1.165, 1.54) is 4.31 Å². The highest BCUT2D eigenvalue weighted by molar-refractivity contribution is 7.89. The van der Waals surface area contributed by atoms with Gasteiger partial charge in [0.05, 0.1) is 36.6 Å². The van der Waals surface area contributed by atoms with Gasteiger partial charge in [-0.2, -0.15) is 4.31 Å². The lowest BCUT2D eigenvalue weighted by Gasteiger charge is -2.29. The molecule has 1 aliphatic rings. The van der Waals surface area contributed by atoms with Crippen LogP contribution in [-0.2, 0) is 27.7 Å². The second-order valence-electron chi connectivity index (χ2n) is 7.88. The Bertz CT molecular complexity index is 1120. The second kappa shape index (κ2) is 9.99. The Kier molecular flexibility index (Phi) is 7.10. The molecule has 3 heterocycles. The van der Waals surface area contributed by atoms with Crippen LogP contribution in [0.3, 0.4) is 0 Å². The summed E-state index contributed by atoms with van der Waals surface area (Å²) < 4.78 is 45.6. The minimum absolute atomic E-state index is 0.175.